The molecule has 1 aliphatic heterocycles. The molecule has 2 heterocycles. The molecule has 1 fully saturated rings. The van der Waals surface area contributed by atoms with Gasteiger partial charge in [0.05, 0.1) is 4.88 Å². The average molecular weight is 453 g/mol. The van der Waals surface area contributed by atoms with E-state index in [0.717, 1.165) is 17.7 Å². The molecule has 0 saturated carbocycles. The zero-order chi connectivity index (χ0) is 23.0. The average Bonchev–Trinajstić information content (AvgIpc) is 3.13. The van der Waals surface area contributed by atoms with Crippen LogP contribution in [0.5, 0.6) is 0 Å². The highest BCUT2D eigenvalue weighted by atomic mass is 32.1. The van der Waals surface area contributed by atoms with Crippen molar-refractivity contribution >= 4 is 35.7 Å². The molecule has 10 heteroatoms. The Balaban J connectivity index is 2.04. The summed E-state index contributed by atoms with van der Waals surface area (Å²) in [5.74, 6) is 0.0765. The SMILES string of the molecule is CN/N=C(\OC=O)C(CC1CCN(C(=O)OC(C)(C)C)CC1)NC(=O)c1ccc(C)s1. The molecule has 172 valence electrons. The lowest BCUT2D eigenvalue weighted by Gasteiger charge is -2.34. The Morgan fingerprint density at radius 2 is 2.00 bits per heavy atom. The van der Waals surface area contributed by atoms with Crippen molar-refractivity contribution in [3.63, 3.8) is 0 Å². The van der Waals surface area contributed by atoms with Gasteiger partial charge in [0.1, 0.15) is 11.6 Å². The van der Waals surface area contributed by atoms with Crippen LogP contribution in [-0.2, 0) is 14.3 Å². The summed E-state index contributed by atoms with van der Waals surface area (Å²) in [5.41, 5.74) is 2.08. The summed E-state index contributed by atoms with van der Waals surface area (Å²) in [6, 6.07) is 3.07. The zero-order valence-corrected chi connectivity index (χ0v) is 19.6. The van der Waals surface area contributed by atoms with Gasteiger partial charge in [-0.15, -0.1) is 16.4 Å². The van der Waals surface area contributed by atoms with Crippen molar-refractivity contribution in [2.75, 3.05) is 20.1 Å². The van der Waals surface area contributed by atoms with Crippen LogP contribution in [0.15, 0.2) is 17.2 Å². The lowest BCUT2D eigenvalue weighted by molar-refractivity contribution is -0.122. The first-order chi connectivity index (χ1) is 14.6. The third-order valence-electron chi connectivity index (χ3n) is 4.79. The number of carbonyl (C=O) groups is 3. The summed E-state index contributed by atoms with van der Waals surface area (Å²) < 4.78 is 10.5. The molecule has 2 amide bonds. The summed E-state index contributed by atoms with van der Waals surface area (Å²) in [7, 11) is 1.59. The summed E-state index contributed by atoms with van der Waals surface area (Å²) in [6.07, 6.45) is 1.72. The van der Waals surface area contributed by atoms with Crippen LogP contribution >= 0.6 is 11.3 Å². The van der Waals surface area contributed by atoms with E-state index in [2.05, 4.69) is 15.8 Å². The minimum Gasteiger partial charge on any atom is -0.444 e. The van der Waals surface area contributed by atoms with E-state index in [9.17, 15) is 14.4 Å². The number of nitrogens with zero attached hydrogens (tertiary/aromatic N) is 2. The third kappa shape index (κ3) is 7.86. The Kier molecular flexibility index (Phi) is 8.85. The van der Waals surface area contributed by atoms with Gasteiger partial charge in [-0.1, -0.05) is 0 Å². The van der Waals surface area contributed by atoms with Gasteiger partial charge in [0.2, 0.25) is 5.90 Å². The van der Waals surface area contributed by atoms with Gasteiger partial charge in [-0.3, -0.25) is 9.59 Å². The van der Waals surface area contributed by atoms with Crippen molar-refractivity contribution in [3.05, 3.63) is 21.9 Å². The van der Waals surface area contributed by atoms with E-state index < -0.39 is 11.6 Å². The van der Waals surface area contributed by atoms with E-state index >= 15 is 0 Å². The van der Waals surface area contributed by atoms with E-state index in [1.165, 1.54) is 11.3 Å². The number of likely N-dealkylation sites (tertiary alicyclic amines) is 1. The molecule has 2 N–H and O–H groups in total. The standard InChI is InChI=1S/C21H32N4O5S/c1-14-6-7-17(31-14)18(27)23-16(19(24-22-5)29-13-26)12-15-8-10-25(11-9-15)20(28)30-21(2,3)4/h6-7,13,15-16,22H,8-12H2,1-5H3,(H,23,27)/b24-19-. The molecule has 0 aliphatic carbocycles. The highest BCUT2D eigenvalue weighted by Crippen LogP contribution is 2.24. The normalized spacial score (nSPS) is 16.4. The van der Waals surface area contributed by atoms with Crippen molar-refractivity contribution < 1.29 is 23.9 Å². The maximum atomic E-state index is 12.7. The molecule has 1 aromatic rings. The fourth-order valence-electron chi connectivity index (χ4n) is 3.36. The molecular formula is C21H32N4O5S. The fourth-order valence-corrected chi connectivity index (χ4v) is 4.14. The van der Waals surface area contributed by atoms with E-state index in [1.54, 1.807) is 18.0 Å². The van der Waals surface area contributed by atoms with Crippen LogP contribution in [0.2, 0.25) is 0 Å². The van der Waals surface area contributed by atoms with Gasteiger partial charge in [-0.05, 0) is 65.0 Å². The van der Waals surface area contributed by atoms with Crippen molar-refractivity contribution in [2.45, 2.75) is 58.6 Å². The highest BCUT2D eigenvalue weighted by Gasteiger charge is 2.31. The van der Waals surface area contributed by atoms with Crippen molar-refractivity contribution in [3.8, 4) is 0 Å². The first kappa shape index (κ1) is 24.6. The first-order valence-electron chi connectivity index (χ1n) is 10.3. The number of hydrazone groups is 1. The zero-order valence-electron chi connectivity index (χ0n) is 18.8. The molecule has 1 aromatic heterocycles. The largest absolute Gasteiger partial charge is 0.444 e. The molecule has 1 saturated heterocycles. The number of hydrogen-bond donors (Lipinski definition) is 2. The summed E-state index contributed by atoms with van der Waals surface area (Å²) in [5, 5.41) is 6.97. The third-order valence-corrected chi connectivity index (χ3v) is 5.79. The minimum absolute atomic E-state index is 0.105. The van der Waals surface area contributed by atoms with Crippen LogP contribution in [0.25, 0.3) is 0 Å². The number of amides is 2. The molecule has 1 unspecified atom stereocenters. The number of hydrogen-bond acceptors (Lipinski definition) is 8. The summed E-state index contributed by atoms with van der Waals surface area (Å²) >= 11 is 1.39. The second kappa shape index (κ2) is 11.1. The molecule has 0 radical (unpaired) electrons. The fraction of sp³-hybridized carbons (Fsp3) is 0.619. The molecule has 0 aromatic carbocycles. The topological polar surface area (TPSA) is 109 Å². The van der Waals surface area contributed by atoms with Gasteiger partial charge >= 0.3 is 6.09 Å². The van der Waals surface area contributed by atoms with Crippen LogP contribution in [0.4, 0.5) is 4.79 Å². The summed E-state index contributed by atoms with van der Waals surface area (Å²) in [4.78, 5) is 39.3. The summed E-state index contributed by atoms with van der Waals surface area (Å²) in [6.45, 7) is 8.90. The molecule has 2 rings (SSSR count). The monoisotopic (exact) mass is 452 g/mol. The molecule has 0 spiro atoms. The number of nitrogens with one attached hydrogen (secondary N) is 2. The lowest BCUT2D eigenvalue weighted by Crippen LogP contribution is -2.46. The maximum Gasteiger partial charge on any atom is 0.410 e. The predicted octanol–water partition coefficient (Wildman–Crippen LogP) is 2.90. The second-order valence-electron chi connectivity index (χ2n) is 8.47. The van der Waals surface area contributed by atoms with Gasteiger partial charge in [-0.2, -0.15) is 0 Å². The Labute approximate surface area is 187 Å². The number of aryl methyl sites for hydroxylation is 1. The van der Waals surface area contributed by atoms with E-state index in [1.807, 2.05) is 33.8 Å². The van der Waals surface area contributed by atoms with Gasteiger partial charge in [-0.25, -0.2) is 4.79 Å². The van der Waals surface area contributed by atoms with Gasteiger partial charge in [0.15, 0.2) is 0 Å². The van der Waals surface area contributed by atoms with Crippen molar-refractivity contribution in [1.29, 1.82) is 0 Å². The number of ether oxygens (including phenoxy) is 2. The number of carbonyl (C=O) groups excluding carboxylic acids is 3. The lowest BCUT2D eigenvalue weighted by atomic mass is 9.90. The Morgan fingerprint density at radius 1 is 1.32 bits per heavy atom. The Hall–Kier alpha value is -2.62. The van der Waals surface area contributed by atoms with Crippen LogP contribution in [0.1, 0.15) is 54.6 Å². The molecule has 9 nitrogen and oxygen atoms in total. The Bertz CT molecular complexity index is 794. The quantitative estimate of drug-likeness (QED) is 0.285. The Morgan fingerprint density at radius 3 is 2.52 bits per heavy atom. The van der Waals surface area contributed by atoms with E-state index in [4.69, 9.17) is 9.47 Å². The smallest absolute Gasteiger partial charge is 0.410 e. The van der Waals surface area contributed by atoms with Crippen molar-refractivity contribution in [2.24, 2.45) is 11.0 Å². The molecule has 31 heavy (non-hydrogen) atoms. The van der Waals surface area contributed by atoms with Gasteiger partial charge in [0, 0.05) is 25.0 Å². The molecule has 0 bridgehead atoms. The molecule has 1 aliphatic rings. The predicted molar refractivity (Wildman–Crippen MR) is 119 cm³/mol. The van der Waals surface area contributed by atoms with Crippen LogP contribution in [-0.4, -0.2) is 61.1 Å². The maximum absolute atomic E-state index is 12.7. The van der Waals surface area contributed by atoms with E-state index in [-0.39, 0.29) is 23.8 Å². The first-order valence-corrected chi connectivity index (χ1v) is 11.1. The van der Waals surface area contributed by atoms with Crippen LogP contribution in [0.3, 0.4) is 0 Å². The molecule has 1 atom stereocenters. The van der Waals surface area contributed by atoms with Crippen molar-refractivity contribution in [1.82, 2.24) is 15.6 Å². The number of rotatable bonds is 7. The highest BCUT2D eigenvalue weighted by molar-refractivity contribution is 7.13. The van der Waals surface area contributed by atoms with Gasteiger partial charge < -0.3 is 25.1 Å². The minimum atomic E-state index is -0.578. The second-order valence-corrected chi connectivity index (χ2v) is 9.76. The number of thiophene rings is 1. The number of piperidine rings is 1. The van der Waals surface area contributed by atoms with Crippen LogP contribution in [0, 0.1) is 12.8 Å². The van der Waals surface area contributed by atoms with E-state index in [0.29, 0.717) is 30.9 Å². The van der Waals surface area contributed by atoms with Crippen LogP contribution < -0.4 is 10.7 Å². The molecular weight excluding hydrogens is 420 g/mol. The van der Waals surface area contributed by atoms with Gasteiger partial charge in [0.25, 0.3) is 12.4 Å².